The minimum absolute atomic E-state index is 0.000828. The van der Waals surface area contributed by atoms with Crippen molar-refractivity contribution < 1.29 is 8.81 Å². The van der Waals surface area contributed by atoms with Gasteiger partial charge >= 0.3 is 0 Å². The van der Waals surface area contributed by atoms with Crippen LogP contribution in [0.2, 0.25) is 0 Å². The molecule has 0 aliphatic rings. The van der Waals surface area contributed by atoms with Gasteiger partial charge < -0.3 is 9.73 Å². The van der Waals surface area contributed by atoms with Crippen LogP contribution in [0.3, 0.4) is 0 Å². The highest BCUT2D eigenvalue weighted by Gasteiger charge is 2.12. The zero-order chi connectivity index (χ0) is 22.9. The third kappa shape index (κ3) is 4.32. The standard InChI is InChI=1S/C27H23FN4O/c1-16-15-33-25-9-7-21(12-23(16)25)24-13-27(32-18(3)31-24)30-17(2)19-5-4-6-20(11-19)22-8-10-26(28)29-14-22/h4-15,17H,1-3H3,(H,30,31,32)/t17-/m0/s1. The number of nitrogens with one attached hydrogen (secondary N) is 1. The fourth-order valence-corrected chi connectivity index (χ4v) is 3.94. The second-order valence-corrected chi connectivity index (χ2v) is 8.18. The van der Waals surface area contributed by atoms with Gasteiger partial charge in [0.2, 0.25) is 5.95 Å². The van der Waals surface area contributed by atoms with Crippen molar-refractivity contribution in [1.82, 2.24) is 15.0 Å². The van der Waals surface area contributed by atoms with Gasteiger partial charge in [0.05, 0.1) is 12.0 Å². The van der Waals surface area contributed by atoms with Gasteiger partial charge in [0.1, 0.15) is 17.2 Å². The van der Waals surface area contributed by atoms with Gasteiger partial charge in [-0.05, 0) is 73.9 Å². The topological polar surface area (TPSA) is 63.8 Å². The molecule has 6 heteroatoms. The number of nitrogens with zero attached hydrogens (tertiary/aromatic N) is 3. The summed E-state index contributed by atoms with van der Waals surface area (Å²) in [5.41, 5.74) is 6.77. The molecule has 33 heavy (non-hydrogen) atoms. The van der Waals surface area contributed by atoms with Gasteiger partial charge in [0.15, 0.2) is 0 Å². The molecule has 0 fully saturated rings. The minimum Gasteiger partial charge on any atom is -0.464 e. The number of hydrogen-bond acceptors (Lipinski definition) is 5. The summed E-state index contributed by atoms with van der Waals surface area (Å²) in [6.45, 7) is 6.01. The zero-order valence-corrected chi connectivity index (χ0v) is 18.6. The quantitative estimate of drug-likeness (QED) is 0.303. The lowest BCUT2D eigenvalue weighted by atomic mass is 10.0. The molecule has 2 aromatic carbocycles. The molecule has 1 atom stereocenters. The summed E-state index contributed by atoms with van der Waals surface area (Å²) in [5, 5.41) is 4.58. The molecule has 5 nitrogen and oxygen atoms in total. The van der Waals surface area contributed by atoms with Crippen LogP contribution in [0.5, 0.6) is 0 Å². The van der Waals surface area contributed by atoms with E-state index in [1.165, 1.54) is 6.07 Å². The van der Waals surface area contributed by atoms with Crippen molar-refractivity contribution in [2.75, 3.05) is 5.32 Å². The molecule has 0 amide bonds. The molecule has 3 aromatic heterocycles. The van der Waals surface area contributed by atoms with Crippen LogP contribution in [0.15, 0.2) is 77.5 Å². The Balaban J connectivity index is 1.42. The molecule has 5 aromatic rings. The van der Waals surface area contributed by atoms with E-state index in [4.69, 9.17) is 4.42 Å². The monoisotopic (exact) mass is 438 g/mol. The number of benzene rings is 2. The number of furan rings is 1. The maximum absolute atomic E-state index is 13.2. The van der Waals surface area contributed by atoms with E-state index in [0.29, 0.717) is 5.82 Å². The number of rotatable bonds is 5. The van der Waals surface area contributed by atoms with E-state index in [1.807, 2.05) is 44.2 Å². The first-order valence-electron chi connectivity index (χ1n) is 10.8. The SMILES string of the molecule is Cc1nc(N[C@@H](C)c2cccc(-c3ccc(F)nc3)c2)cc(-c2ccc3occ(C)c3c2)n1. The fraction of sp³-hybridized carbons (Fsp3) is 0.148. The van der Waals surface area contributed by atoms with E-state index >= 15 is 0 Å². The molecular formula is C27H23FN4O. The van der Waals surface area contributed by atoms with E-state index in [2.05, 4.69) is 45.4 Å². The van der Waals surface area contributed by atoms with Crippen molar-refractivity contribution in [2.24, 2.45) is 0 Å². The van der Waals surface area contributed by atoms with Gasteiger partial charge in [-0.3, -0.25) is 0 Å². The molecule has 1 N–H and O–H groups in total. The molecule has 0 bridgehead atoms. The number of hydrogen-bond donors (Lipinski definition) is 1. The average Bonchev–Trinajstić information content (AvgIpc) is 3.19. The average molecular weight is 439 g/mol. The van der Waals surface area contributed by atoms with Crippen LogP contribution >= 0.6 is 0 Å². The molecule has 0 saturated carbocycles. The summed E-state index contributed by atoms with van der Waals surface area (Å²) in [6.07, 6.45) is 3.32. The summed E-state index contributed by atoms with van der Waals surface area (Å²) in [7, 11) is 0. The first-order valence-corrected chi connectivity index (χ1v) is 10.8. The first kappa shape index (κ1) is 20.8. The number of halogens is 1. The van der Waals surface area contributed by atoms with Crippen LogP contribution < -0.4 is 5.32 Å². The van der Waals surface area contributed by atoms with Gasteiger partial charge in [-0.1, -0.05) is 18.2 Å². The van der Waals surface area contributed by atoms with Crippen LogP contribution in [0.25, 0.3) is 33.4 Å². The zero-order valence-electron chi connectivity index (χ0n) is 18.6. The van der Waals surface area contributed by atoms with E-state index in [0.717, 1.165) is 50.3 Å². The second-order valence-electron chi connectivity index (χ2n) is 8.18. The Kier molecular flexibility index (Phi) is 5.34. The Labute approximate surface area is 191 Å². The third-order valence-electron chi connectivity index (χ3n) is 5.71. The lowest BCUT2D eigenvalue weighted by Crippen LogP contribution is -2.09. The van der Waals surface area contributed by atoms with Gasteiger partial charge in [0, 0.05) is 34.8 Å². The summed E-state index contributed by atoms with van der Waals surface area (Å²) in [5.74, 6) is 0.960. The van der Waals surface area contributed by atoms with Crippen molar-refractivity contribution in [3.8, 4) is 22.4 Å². The summed E-state index contributed by atoms with van der Waals surface area (Å²) in [4.78, 5) is 13.0. The van der Waals surface area contributed by atoms with Crippen molar-refractivity contribution in [3.63, 3.8) is 0 Å². The predicted molar refractivity (Wildman–Crippen MR) is 128 cm³/mol. The second kappa shape index (κ2) is 8.47. The number of aromatic nitrogens is 3. The van der Waals surface area contributed by atoms with Gasteiger partial charge in [-0.25, -0.2) is 15.0 Å². The largest absolute Gasteiger partial charge is 0.464 e. The van der Waals surface area contributed by atoms with E-state index < -0.39 is 5.95 Å². The lowest BCUT2D eigenvalue weighted by molar-refractivity contribution is 0.584. The number of pyridine rings is 1. The van der Waals surface area contributed by atoms with E-state index in [9.17, 15) is 4.39 Å². The van der Waals surface area contributed by atoms with E-state index in [1.54, 1.807) is 18.5 Å². The summed E-state index contributed by atoms with van der Waals surface area (Å²) < 4.78 is 18.8. The molecular weight excluding hydrogens is 415 g/mol. The highest BCUT2D eigenvalue weighted by molar-refractivity contribution is 5.85. The molecule has 5 rings (SSSR count). The molecule has 0 aliphatic carbocycles. The smallest absolute Gasteiger partial charge is 0.212 e. The summed E-state index contributed by atoms with van der Waals surface area (Å²) in [6, 6.07) is 19.3. The summed E-state index contributed by atoms with van der Waals surface area (Å²) >= 11 is 0. The number of fused-ring (bicyclic) bond motifs is 1. The first-order chi connectivity index (χ1) is 16.0. The lowest BCUT2D eigenvalue weighted by Gasteiger charge is -2.17. The molecule has 0 spiro atoms. The predicted octanol–water partition coefficient (Wildman–Crippen LogP) is 6.88. The normalized spacial score (nSPS) is 12.1. The van der Waals surface area contributed by atoms with Crippen LogP contribution in [0, 0.1) is 19.8 Å². The minimum atomic E-state index is -0.484. The molecule has 0 saturated heterocycles. The van der Waals surface area contributed by atoms with E-state index in [-0.39, 0.29) is 6.04 Å². The van der Waals surface area contributed by atoms with Crippen molar-refractivity contribution >= 4 is 16.8 Å². The Bertz CT molecular complexity index is 1440. The van der Waals surface area contributed by atoms with Crippen LogP contribution in [0.1, 0.15) is 29.9 Å². The molecule has 0 unspecified atom stereocenters. The molecule has 0 aliphatic heterocycles. The Morgan fingerprint density at radius 2 is 1.76 bits per heavy atom. The Hall–Kier alpha value is -4.06. The molecule has 0 radical (unpaired) electrons. The van der Waals surface area contributed by atoms with Crippen molar-refractivity contribution in [2.45, 2.75) is 26.8 Å². The maximum atomic E-state index is 13.2. The van der Waals surface area contributed by atoms with Gasteiger partial charge in [-0.15, -0.1) is 0 Å². The number of aryl methyl sites for hydroxylation is 2. The van der Waals surface area contributed by atoms with Gasteiger partial charge in [0.25, 0.3) is 0 Å². The van der Waals surface area contributed by atoms with Gasteiger partial charge in [-0.2, -0.15) is 4.39 Å². The van der Waals surface area contributed by atoms with Crippen LogP contribution in [-0.2, 0) is 0 Å². The fourth-order valence-electron chi connectivity index (χ4n) is 3.94. The molecule has 164 valence electrons. The Morgan fingerprint density at radius 1 is 0.909 bits per heavy atom. The highest BCUT2D eigenvalue weighted by Crippen LogP contribution is 2.29. The number of anilines is 1. The van der Waals surface area contributed by atoms with Crippen LogP contribution in [-0.4, -0.2) is 15.0 Å². The van der Waals surface area contributed by atoms with Crippen LogP contribution in [0.4, 0.5) is 10.2 Å². The Morgan fingerprint density at radius 3 is 2.58 bits per heavy atom. The van der Waals surface area contributed by atoms with Crippen molar-refractivity contribution in [1.29, 1.82) is 0 Å². The maximum Gasteiger partial charge on any atom is 0.212 e. The van der Waals surface area contributed by atoms with Crippen molar-refractivity contribution in [3.05, 3.63) is 96.0 Å². The third-order valence-corrected chi connectivity index (χ3v) is 5.71. The molecule has 3 heterocycles. The highest BCUT2D eigenvalue weighted by atomic mass is 19.1.